The fraction of sp³-hybridized carbons (Fsp3) is 0.400. The molecular weight excluding hydrogens is 440 g/mol. The Balaban J connectivity index is 2.71. The Labute approximate surface area is 117 Å². The lowest BCUT2D eigenvalue weighted by Crippen LogP contribution is -2.05. The maximum absolute atomic E-state index is 3.65. The zero-order chi connectivity index (χ0) is 10.3. The third-order valence-electron chi connectivity index (χ3n) is 2.58. The van der Waals surface area contributed by atoms with Gasteiger partial charge in [0.25, 0.3) is 0 Å². The molecule has 2 rings (SSSR count). The third kappa shape index (κ3) is 1.87. The molecule has 0 amide bonds. The summed E-state index contributed by atoms with van der Waals surface area (Å²) in [5, 5.41) is 0. The van der Waals surface area contributed by atoms with Gasteiger partial charge >= 0.3 is 0 Å². The predicted molar refractivity (Wildman–Crippen MR) is 73.9 cm³/mol. The van der Waals surface area contributed by atoms with Crippen molar-refractivity contribution in [2.24, 2.45) is 0 Å². The average molecular weight is 448 g/mol. The van der Waals surface area contributed by atoms with Gasteiger partial charge in [-0.1, -0.05) is 0 Å². The molecule has 0 saturated heterocycles. The molecule has 14 heavy (non-hydrogen) atoms. The first-order valence-electron chi connectivity index (χ1n) is 4.46. The highest BCUT2D eigenvalue weighted by molar-refractivity contribution is 9.15. The van der Waals surface area contributed by atoms with E-state index in [-0.39, 0.29) is 0 Å². The fourth-order valence-corrected chi connectivity index (χ4v) is 4.53. The van der Waals surface area contributed by atoms with Crippen LogP contribution in [-0.2, 0) is 12.8 Å². The van der Waals surface area contributed by atoms with Gasteiger partial charge in [-0.25, -0.2) is 0 Å². The van der Waals surface area contributed by atoms with E-state index in [1.807, 2.05) is 0 Å². The summed E-state index contributed by atoms with van der Waals surface area (Å²) in [5.74, 6) is 0. The summed E-state index contributed by atoms with van der Waals surface area (Å²) in [4.78, 5) is 0. The van der Waals surface area contributed by atoms with Crippen LogP contribution in [0.25, 0.3) is 0 Å². The second kappa shape index (κ2) is 4.56. The van der Waals surface area contributed by atoms with Crippen LogP contribution in [-0.4, -0.2) is 0 Å². The van der Waals surface area contributed by atoms with Gasteiger partial charge in [-0.15, -0.1) is 0 Å². The number of hydrogen-bond donors (Lipinski definition) is 0. The molecule has 0 radical (unpaired) electrons. The topological polar surface area (TPSA) is 0 Å². The Hall–Kier alpha value is 1.14. The van der Waals surface area contributed by atoms with Gasteiger partial charge in [-0.2, -0.15) is 0 Å². The zero-order valence-electron chi connectivity index (χ0n) is 7.34. The summed E-state index contributed by atoms with van der Waals surface area (Å²) in [5.41, 5.74) is 2.91. The monoisotopic (exact) mass is 444 g/mol. The molecule has 0 unspecified atom stereocenters. The van der Waals surface area contributed by atoms with Crippen LogP contribution < -0.4 is 0 Å². The van der Waals surface area contributed by atoms with Gasteiger partial charge in [0.2, 0.25) is 0 Å². The first kappa shape index (κ1) is 11.6. The lowest BCUT2D eigenvalue weighted by molar-refractivity contribution is 0.679. The summed E-state index contributed by atoms with van der Waals surface area (Å²) in [6.07, 6.45) is 4.96. The van der Waals surface area contributed by atoms with E-state index < -0.39 is 0 Å². The van der Waals surface area contributed by atoms with E-state index in [9.17, 15) is 0 Å². The maximum atomic E-state index is 3.65. The lowest BCUT2D eigenvalue weighted by Gasteiger charge is -2.21. The molecule has 0 fully saturated rings. The van der Waals surface area contributed by atoms with Crippen molar-refractivity contribution in [2.75, 3.05) is 0 Å². The summed E-state index contributed by atoms with van der Waals surface area (Å²) in [7, 11) is 0. The highest BCUT2D eigenvalue weighted by Crippen LogP contribution is 2.44. The number of hydrogen-bond acceptors (Lipinski definition) is 0. The molecule has 1 aromatic rings. The van der Waals surface area contributed by atoms with E-state index in [1.165, 1.54) is 45.8 Å². The van der Waals surface area contributed by atoms with Crippen molar-refractivity contribution in [3.63, 3.8) is 0 Å². The molecule has 0 heterocycles. The minimum Gasteiger partial charge on any atom is -0.0492 e. The minimum atomic E-state index is 1.12. The number of halogens is 4. The Kier molecular flexibility index (Phi) is 3.78. The van der Waals surface area contributed by atoms with E-state index in [0.29, 0.717) is 0 Å². The van der Waals surface area contributed by atoms with E-state index >= 15 is 0 Å². The molecule has 0 saturated carbocycles. The van der Waals surface area contributed by atoms with Gasteiger partial charge in [0.05, 0.1) is 0 Å². The largest absolute Gasteiger partial charge is 0.0492 e. The molecule has 0 spiro atoms. The second-order valence-electron chi connectivity index (χ2n) is 3.42. The minimum absolute atomic E-state index is 1.12. The van der Waals surface area contributed by atoms with Crippen LogP contribution in [0.1, 0.15) is 24.0 Å². The van der Waals surface area contributed by atoms with E-state index in [1.54, 1.807) is 0 Å². The van der Waals surface area contributed by atoms with Crippen LogP contribution in [0.3, 0.4) is 0 Å². The zero-order valence-corrected chi connectivity index (χ0v) is 13.7. The van der Waals surface area contributed by atoms with Crippen LogP contribution >= 0.6 is 63.7 Å². The second-order valence-corrected chi connectivity index (χ2v) is 6.59. The third-order valence-corrected chi connectivity index (χ3v) is 7.51. The number of rotatable bonds is 0. The molecule has 0 bridgehead atoms. The van der Waals surface area contributed by atoms with E-state index in [4.69, 9.17) is 0 Å². The van der Waals surface area contributed by atoms with Crippen molar-refractivity contribution in [3.8, 4) is 0 Å². The van der Waals surface area contributed by atoms with Gasteiger partial charge in [-0.05, 0) is 101 Å². The summed E-state index contributed by atoms with van der Waals surface area (Å²) >= 11 is 14.5. The Morgan fingerprint density at radius 2 is 0.929 bits per heavy atom. The van der Waals surface area contributed by atoms with Crippen LogP contribution in [0.15, 0.2) is 17.9 Å². The van der Waals surface area contributed by atoms with Crippen LogP contribution in [0.5, 0.6) is 0 Å². The highest BCUT2D eigenvalue weighted by atomic mass is 79.9. The van der Waals surface area contributed by atoms with E-state index in [2.05, 4.69) is 63.7 Å². The van der Waals surface area contributed by atoms with Crippen LogP contribution in [0, 0.1) is 0 Å². The summed E-state index contributed by atoms with van der Waals surface area (Å²) in [6, 6.07) is 0. The van der Waals surface area contributed by atoms with Gasteiger partial charge in [0, 0.05) is 17.9 Å². The molecule has 4 heteroatoms. The van der Waals surface area contributed by atoms with Gasteiger partial charge in [-0.3, -0.25) is 0 Å². The normalized spacial score (nSPS) is 15.4. The first-order valence-corrected chi connectivity index (χ1v) is 7.64. The van der Waals surface area contributed by atoms with Gasteiger partial charge in [0.1, 0.15) is 0 Å². The van der Waals surface area contributed by atoms with Gasteiger partial charge < -0.3 is 0 Å². The van der Waals surface area contributed by atoms with E-state index in [0.717, 1.165) is 8.95 Å². The predicted octanol–water partition coefficient (Wildman–Crippen LogP) is 5.62. The fourth-order valence-electron chi connectivity index (χ4n) is 1.85. The standard InChI is InChI=1S/C10H8Br4/c11-7-5-3-1-2-4-6(5)8(12)10(14)9(7)13/h1-4H2. The molecule has 76 valence electrons. The van der Waals surface area contributed by atoms with Crippen LogP contribution in [0.2, 0.25) is 0 Å². The number of fused-ring (bicyclic) bond motifs is 1. The van der Waals surface area contributed by atoms with Crippen LogP contribution in [0.4, 0.5) is 0 Å². The summed E-state index contributed by atoms with van der Waals surface area (Å²) < 4.78 is 4.65. The van der Waals surface area contributed by atoms with Crippen molar-refractivity contribution >= 4 is 63.7 Å². The van der Waals surface area contributed by atoms with Gasteiger partial charge in [0.15, 0.2) is 0 Å². The highest BCUT2D eigenvalue weighted by Gasteiger charge is 2.20. The Morgan fingerprint density at radius 1 is 0.571 bits per heavy atom. The molecule has 1 aromatic carbocycles. The van der Waals surface area contributed by atoms with Crippen molar-refractivity contribution < 1.29 is 0 Å². The molecule has 0 aliphatic heterocycles. The van der Waals surface area contributed by atoms with Crippen molar-refractivity contribution in [2.45, 2.75) is 25.7 Å². The molecule has 0 N–H and O–H groups in total. The number of benzene rings is 1. The molecule has 0 atom stereocenters. The van der Waals surface area contributed by atoms with Crippen molar-refractivity contribution in [3.05, 3.63) is 29.0 Å². The quantitative estimate of drug-likeness (QED) is 0.358. The first-order chi connectivity index (χ1) is 6.63. The molecule has 1 aliphatic carbocycles. The van der Waals surface area contributed by atoms with Crippen molar-refractivity contribution in [1.29, 1.82) is 0 Å². The maximum Gasteiger partial charge on any atom is 0.0474 e. The molecular formula is C10H8Br4. The average Bonchev–Trinajstić information content (AvgIpc) is 2.23. The van der Waals surface area contributed by atoms with Crippen molar-refractivity contribution in [1.82, 2.24) is 0 Å². The SMILES string of the molecule is Brc1c(Br)c(Br)c2c(c1Br)CCCC2. The summed E-state index contributed by atoms with van der Waals surface area (Å²) in [6.45, 7) is 0. The molecule has 0 nitrogen and oxygen atoms in total. The lowest BCUT2D eigenvalue weighted by atomic mass is 9.92. The smallest absolute Gasteiger partial charge is 0.0474 e. The molecule has 1 aliphatic rings. The Bertz CT molecular complexity index is 347. The Morgan fingerprint density at radius 3 is 1.29 bits per heavy atom. The molecule has 0 aromatic heterocycles.